The first kappa shape index (κ1) is 15.4. The summed E-state index contributed by atoms with van der Waals surface area (Å²) in [7, 11) is 0. The number of hydrogen-bond donors (Lipinski definition) is 2. The first-order valence-electron chi connectivity index (χ1n) is 6.84. The van der Waals surface area contributed by atoms with Gasteiger partial charge in [0.05, 0.1) is 12.7 Å². The molecule has 114 valence electrons. The van der Waals surface area contributed by atoms with Crippen molar-refractivity contribution in [2.75, 3.05) is 17.7 Å². The Morgan fingerprint density at radius 3 is 2.95 bits per heavy atom. The number of aromatic nitrogens is 2. The number of nitrogens with two attached hydrogens (primary N) is 1. The average Bonchev–Trinajstić information content (AvgIpc) is 2.79. The smallest absolute Gasteiger partial charge is 0.218 e. The molecular formula is C14H20N4O2S. The van der Waals surface area contributed by atoms with Gasteiger partial charge >= 0.3 is 0 Å². The van der Waals surface area contributed by atoms with Crippen LogP contribution < -0.4 is 20.5 Å². The Kier molecular flexibility index (Phi) is 5.21. The highest BCUT2D eigenvalue weighted by Gasteiger charge is 2.13. The second kappa shape index (κ2) is 7.12. The van der Waals surface area contributed by atoms with Crippen LogP contribution in [0.1, 0.15) is 26.3 Å². The van der Waals surface area contributed by atoms with Crippen LogP contribution in [0.2, 0.25) is 0 Å². The van der Waals surface area contributed by atoms with Gasteiger partial charge < -0.3 is 20.5 Å². The number of nitrogens with one attached hydrogen (secondary N) is 1. The molecule has 2 aromatic rings. The van der Waals surface area contributed by atoms with E-state index in [2.05, 4.69) is 14.7 Å². The number of pyridine rings is 1. The van der Waals surface area contributed by atoms with Crippen molar-refractivity contribution in [1.82, 2.24) is 9.36 Å². The monoisotopic (exact) mass is 308 g/mol. The first-order chi connectivity index (χ1) is 10.1. The molecule has 7 heteroatoms. The lowest BCUT2D eigenvalue weighted by Crippen LogP contribution is -2.10. The normalized spacial score (nSPS) is 10.7. The number of anilines is 2. The molecule has 0 aliphatic rings. The lowest BCUT2D eigenvalue weighted by Gasteiger charge is -2.13. The van der Waals surface area contributed by atoms with Crippen molar-refractivity contribution < 1.29 is 9.47 Å². The van der Waals surface area contributed by atoms with Crippen LogP contribution in [0.15, 0.2) is 18.3 Å². The molecule has 0 amide bonds. The van der Waals surface area contributed by atoms with Crippen molar-refractivity contribution in [3.63, 3.8) is 0 Å². The largest absolute Gasteiger partial charge is 0.487 e. The predicted molar refractivity (Wildman–Crippen MR) is 85.0 cm³/mol. The molecule has 0 saturated carbocycles. The van der Waals surface area contributed by atoms with E-state index in [0.29, 0.717) is 30.6 Å². The van der Waals surface area contributed by atoms with Crippen LogP contribution in [0.4, 0.5) is 10.8 Å². The van der Waals surface area contributed by atoms with Crippen molar-refractivity contribution in [3.8, 4) is 11.6 Å². The number of nitrogen functional groups attached to an aromatic ring is 1. The Balaban J connectivity index is 2.10. The minimum atomic E-state index is 0.0803. The van der Waals surface area contributed by atoms with Gasteiger partial charge in [-0.05, 0) is 38.4 Å². The Morgan fingerprint density at radius 2 is 2.24 bits per heavy atom. The van der Waals surface area contributed by atoms with E-state index in [9.17, 15) is 0 Å². The van der Waals surface area contributed by atoms with Gasteiger partial charge in [0.2, 0.25) is 5.88 Å². The van der Waals surface area contributed by atoms with Crippen molar-refractivity contribution in [2.45, 2.75) is 33.4 Å². The van der Waals surface area contributed by atoms with E-state index in [1.54, 1.807) is 6.20 Å². The third-order valence-corrected chi connectivity index (χ3v) is 3.40. The maximum absolute atomic E-state index is 5.79. The van der Waals surface area contributed by atoms with Crippen LogP contribution in [-0.4, -0.2) is 22.1 Å². The molecule has 6 nitrogen and oxygen atoms in total. The summed E-state index contributed by atoms with van der Waals surface area (Å²) < 4.78 is 15.3. The topological polar surface area (TPSA) is 82.3 Å². The fourth-order valence-electron chi connectivity index (χ4n) is 1.75. The standard InChI is InChI=1S/C14H20N4O2S/c1-4-19-11-12(15)18-21-14(11)17-8-10-6-5-7-16-13(10)20-9(2)3/h5-7,9,17H,4,8H2,1-3H3,(H2,15,18). The van der Waals surface area contributed by atoms with Gasteiger partial charge in [-0.3, -0.25) is 0 Å². The van der Waals surface area contributed by atoms with Crippen molar-refractivity contribution in [3.05, 3.63) is 23.9 Å². The highest BCUT2D eigenvalue weighted by Crippen LogP contribution is 2.35. The van der Waals surface area contributed by atoms with Crippen LogP contribution in [0.25, 0.3) is 0 Å². The van der Waals surface area contributed by atoms with Crippen LogP contribution in [-0.2, 0) is 6.54 Å². The molecule has 0 atom stereocenters. The number of nitrogens with zero attached hydrogens (tertiary/aromatic N) is 2. The lowest BCUT2D eigenvalue weighted by atomic mass is 10.2. The minimum Gasteiger partial charge on any atom is -0.487 e. The van der Waals surface area contributed by atoms with E-state index >= 15 is 0 Å². The summed E-state index contributed by atoms with van der Waals surface area (Å²) in [6.45, 7) is 6.98. The van der Waals surface area contributed by atoms with Crippen LogP contribution in [0, 0.1) is 0 Å². The van der Waals surface area contributed by atoms with Gasteiger partial charge in [-0.25, -0.2) is 4.98 Å². The molecular weight excluding hydrogens is 288 g/mol. The molecule has 0 saturated heterocycles. The summed E-state index contributed by atoms with van der Waals surface area (Å²) in [5, 5.41) is 4.09. The zero-order chi connectivity index (χ0) is 15.2. The number of hydrogen-bond acceptors (Lipinski definition) is 7. The number of ether oxygens (including phenoxy) is 2. The summed E-state index contributed by atoms with van der Waals surface area (Å²) >= 11 is 1.28. The second-order valence-corrected chi connectivity index (χ2v) is 5.42. The van der Waals surface area contributed by atoms with Gasteiger partial charge in [0.1, 0.15) is 0 Å². The van der Waals surface area contributed by atoms with Crippen molar-refractivity contribution in [1.29, 1.82) is 0 Å². The van der Waals surface area contributed by atoms with E-state index in [4.69, 9.17) is 15.2 Å². The van der Waals surface area contributed by atoms with E-state index in [-0.39, 0.29) is 6.10 Å². The third-order valence-electron chi connectivity index (χ3n) is 2.60. The fourth-order valence-corrected chi connectivity index (χ4v) is 2.41. The zero-order valence-corrected chi connectivity index (χ0v) is 13.2. The molecule has 2 heterocycles. The van der Waals surface area contributed by atoms with E-state index in [1.165, 1.54) is 11.5 Å². The quantitative estimate of drug-likeness (QED) is 0.818. The zero-order valence-electron chi connectivity index (χ0n) is 12.4. The molecule has 0 aromatic carbocycles. The molecule has 2 aromatic heterocycles. The summed E-state index contributed by atoms with van der Waals surface area (Å²) in [6.07, 6.45) is 1.80. The second-order valence-electron chi connectivity index (χ2n) is 4.65. The summed E-state index contributed by atoms with van der Waals surface area (Å²) in [6, 6.07) is 3.86. The number of rotatable bonds is 7. The SMILES string of the molecule is CCOc1c(N)nsc1NCc1cccnc1OC(C)C. The van der Waals surface area contributed by atoms with Crippen molar-refractivity contribution in [2.24, 2.45) is 0 Å². The molecule has 0 radical (unpaired) electrons. The van der Waals surface area contributed by atoms with Gasteiger partial charge in [-0.2, -0.15) is 4.37 Å². The first-order valence-corrected chi connectivity index (χ1v) is 7.61. The summed E-state index contributed by atoms with van der Waals surface area (Å²) in [5.41, 5.74) is 6.76. The van der Waals surface area contributed by atoms with Crippen LogP contribution in [0.3, 0.4) is 0 Å². The van der Waals surface area contributed by atoms with Gasteiger partial charge in [0, 0.05) is 18.3 Å². The van der Waals surface area contributed by atoms with E-state index in [1.807, 2.05) is 32.9 Å². The average molecular weight is 308 g/mol. The highest BCUT2D eigenvalue weighted by molar-refractivity contribution is 7.11. The van der Waals surface area contributed by atoms with E-state index < -0.39 is 0 Å². The molecule has 0 spiro atoms. The molecule has 0 fully saturated rings. The molecule has 3 N–H and O–H groups in total. The molecule has 21 heavy (non-hydrogen) atoms. The third kappa shape index (κ3) is 3.98. The predicted octanol–water partition coefficient (Wildman–Crippen LogP) is 2.92. The Morgan fingerprint density at radius 1 is 1.43 bits per heavy atom. The minimum absolute atomic E-state index is 0.0803. The summed E-state index contributed by atoms with van der Waals surface area (Å²) in [4.78, 5) is 4.26. The molecule has 0 unspecified atom stereocenters. The summed E-state index contributed by atoms with van der Waals surface area (Å²) in [5.74, 6) is 1.65. The van der Waals surface area contributed by atoms with Gasteiger partial charge in [-0.15, -0.1) is 0 Å². The Labute approximate surface area is 128 Å². The fraction of sp³-hybridized carbons (Fsp3) is 0.429. The molecule has 0 aliphatic carbocycles. The van der Waals surface area contributed by atoms with Crippen LogP contribution >= 0.6 is 11.5 Å². The maximum atomic E-state index is 5.79. The van der Waals surface area contributed by atoms with Gasteiger partial charge in [0.25, 0.3) is 0 Å². The van der Waals surface area contributed by atoms with Gasteiger partial charge in [-0.1, -0.05) is 6.07 Å². The van der Waals surface area contributed by atoms with E-state index in [0.717, 1.165) is 10.6 Å². The van der Waals surface area contributed by atoms with Gasteiger partial charge in [0.15, 0.2) is 16.6 Å². The van der Waals surface area contributed by atoms with Crippen molar-refractivity contribution >= 4 is 22.4 Å². The molecule has 0 bridgehead atoms. The molecule has 2 rings (SSSR count). The molecule has 0 aliphatic heterocycles. The van der Waals surface area contributed by atoms with Crippen LogP contribution in [0.5, 0.6) is 11.6 Å². The maximum Gasteiger partial charge on any atom is 0.218 e. The Hall–Kier alpha value is -2.02. The lowest BCUT2D eigenvalue weighted by molar-refractivity contribution is 0.230. The Bertz CT molecular complexity index is 586. The highest BCUT2D eigenvalue weighted by atomic mass is 32.1.